The molecule has 0 fully saturated rings. The Morgan fingerprint density at radius 3 is 1.95 bits per heavy atom. The average molecular weight is 264 g/mol. The summed E-state index contributed by atoms with van der Waals surface area (Å²) in [6.07, 6.45) is 0. The number of benzene rings is 3. The zero-order valence-electron chi connectivity index (χ0n) is 11.6. The van der Waals surface area contributed by atoms with Gasteiger partial charge in [0.25, 0.3) is 0 Å². The molecule has 0 aliphatic rings. The maximum atomic E-state index is 5.51. The Hall–Kier alpha value is -2.48. The standard InChI is InChI=1S/C18H16O2/c1-19-16-11-6-12-17(20-2)18(16)15-10-5-8-13-7-3-4-9-14(13)15/h3-12H,1-2H3. The summed E-state index contributed by atoms with van der Waals surface area (Å²) in [5, 5.41) is 2.40. The van der Waals surface area contributed by atoms with Crippen LogP contribution in [0.3, 0.4) is 0 Å². The Morgan fingerprint density at radius 2 is 1.25 bits per heavy atom. The third kappa shape index (κ3) is 1.99. The maximum Gasteiger partial charge on any atom is 0.130 e. The van der Waals surface area contributed by atoms with Crippen molar-refractivity contribution in [1.29, 1.82) is 0 Å². The Balaban J connectivity index is 2.36. The van der Waals surface area contributed by atoms with Crippen LogP contribution < -0.4 is 9.47 Å². The summed E-state index contributed by atoms with van der Waals surface area (Å²) in [5.41, 5.74) is 2.12. The van der Waals surface area contributed by atoms with Crippen LogP contribution in [0.15, 0.2) is 60.7 Å². The van der Waals surface area contributed by atoms with E-state index < -0.39 is 0 Å². The van der Waals surface area contributed by atoms with Crippen LogP contribution in [0.4, 0.5) is 0 Å². The van der Waals surface area contributed by atoms with Crippen molar-refractivity contribution in [3.05, 3.63) is 60.7 Å². The highest BCUT2D eigenvalue weighted by Gasteiger charge is 2.14. The normalized spacial score (nSPS) is 10.5. The summed E-state index contributed by atoms with van der Waals surface area (Å²) in [6.45, 7) is 0. The minimum Gasteiger partial charge on any atom is -0.496 e. The van der Waals surface area contributed by atoms with Crippen LogP contribution in [0.1, 0.15) is 0 Å². The summed E-state index contributed by atoms with van der Waals surface area (Å²) in [5.74, 6) is 1.64. The van der Waals surface area contributed by atoms with Crippen LogP contribution in [-0.4, -0.2) is 14.2 Å². The van der Waals surface area contributed by atoms with Crippen LogP contribution in [-0.2, 0) is 0 Å². The molecular weight excluding hydrogens is 248 g/mol. The van der Waals surface area contributed by atoms with E-state index in [1.54, 1.807) is 14.2 Å². The van der Waals surface area contributed by atoms with Crippen LogP contribution in [0.2, 0.25) is 0 Å². The molecule has 0 spiro atoms. The molecule has 0 aliphatic carbocycles. The molecule has 0 atom stereocenters. The molecule has 3 aromatic carbocycles. The van der Waals surface area contributed by atoms with Crippen molar-refractivity contribution in [3.8, 4) is 22.6 Å². The van der Waals surface area contributed by atoms with Gasteiger partial charge in [0.15, 0.2) is 0 Å². The van der Waals surface area contributed by atoms with E-state index in [1.165, 1.54) is 10.8 Å². The molecule has 0 N–H and O–H groups in total. The van der Waals surface area contributed by atoms with E-state index in [4.69, 9.17) is 9.47 Å². The van der Waals surface area contributed by atoms with Gasteiger partial charge in [0.2, 0.25) is 0 Å². The molecule has 0 heterocycles. The lowest BCUT2D eigenvalue weighted by atomic mass is 9.97. The van der Waals surface area contributed by atoms with Crippen molar-refractivity contribution >= 4 is 10.8 Å². The van der Waals surface area contributed by atoms with E-state index >= 15 is 0 Å². The SMILES string of the molecule is COc1cccc(OC)c1-c1cccc2ccccc12. The Kier molecular flexibility index (Phi) is 3.30. The van der Waals surface area contributed by atoms with E-state index in [0.717, 1.165) is 22.6 Å². The van der Waals surface area contributed by atoms with Crippen LogP contribution in [0, 0.1) is 0 Å². The summed E-state index contributed by atoms with van der Waals surface area (Å²) in [4.78, 5) is 0. The molecule has 0 aliphatic heterocycles. The first kappa shape index (κ1) is 12.5. The fraction of sp³-hybridized carbons (Fsp3) is 0.111. The Morgan fingerprint density at radius 1 is 0.650 bits per heavy atom. The minimum absolute atomic E-state index is 0.820. The average Bonchev–Trinajstić information content (AvgIpc) is 2.53. The first-order valence-electron chi connectivity index (χ1n) is 6.54. The molecule has 0 radical (unpaired) electrons. The van der Waals surface area contributed by atoms with Gasteiger partial charge in [-0.25, -0.2) is 0 Å². The second-order valence-corrected chi connectivity index (χ2v) is 4.56. The molecular formula is C18H16O2. The number of ether oxygens (including phenoxy) is 2. The van der Waals surface area contributed by atoms with E-state index in [1.807, 2.05) is 30.3 Å². The van der Waals surface area contributed by atoms with Gasteiger partial charge in [-0.1, -0.05) is 48.5 Å². The van der Waals surface area contributed by atoms with E-state index in [0.29, 0.717) is 0 Å². The lowest BCUT2D eigenvalue weighted by Gasteiger charge is -2.15. The highest BCUT2D eigenvalue weighted by Crippen LogP contribution is 2.41. The molecule has 0 unspecified atom stereocenters. The van der Waals surface area contributed by atoms with Crippen LogP contribution in [0.25, 0.3) is 21.9 Å². The fourth-order valence-electron chi connectivity index (χ4n) is 2.56. The van der Waals surface area contributed by atoms with Gasteiger partial charge < -0.3 is 9.47 Å². The zero-order chi connectivity index (χ0) is 13.9. The fourth-order valence-corrected chi connectivity index (χ4v) is 2.56. The summed E-state index contributed by atoms with van der Waals surface area (Å²) < 4.78 is 11.0. The molecule has 20 heavy (non-hydrogen) atoms. The van der Waals surface area contributed by atoms with Gasteiger partial charge in [0.1, 0.15) is 11.5 Å². The lowest BCUT2D eigenvalue weighted by molar-refractivity contribution is 0.397. The van der Waals surface area contributed by atoms with E-state index in [-0.39, 0.29) is 0 Å². The first-order chi connectivity index (χ1) is 9.85. The zero-order valence-corrected chi connectivity index (χ0v) is 11.6. The Bertz CT molecular complexity index is 720. The molecule has 2 heteroatoms. The van der Waals surface area contributed by atoms with E-state index in [2.05, 4.69) is 30.3 Å². The van der Waals surface area contributed by atoms with Crippen molar-refractivity contribution in [2.24, 2.45) is 0 Å². The molecule has 0 aromatic heterocycles. The molecule has 0 amide bonds. The van der Waals surface area contributed by atoms with Gasteiger partial charge in [0, 0.05) is 0 Å². The predicted octanol–water partition coefficient (Wildman–Crippen LogP) is 4.52. The predicted molar refractivity (Wildman–Crippen MR) is 82.5 cm³/mol. The summed E-state index contributed by atoms with van der Waals surface area (Å²) in [7, 11) is 3.37. The van der Waals surface area contributed by atoms with Crippen molar-refractivity contribution in [3.63, 3.8) is 0 Å². The Labute approximate surface area is 118 Å². The second kappa shape index (κ2) is 5.25. The van der Waals surface area contributed by atoms with Gasteiger partial charge >= 0.3 is 0 Å². The molecule has 3 aromatic rings. The van der Waals surface area contributed by atoms with E-state index in [9.17, 15) is 0 Å². The summed E-state index contributed by atoms with van der Waals surface area (Å²) in [6, 6.07) is 20.5. The van der Waals surface area contributed by atoms with Crippen molar-refractivity contribution in [2.75, 3.05) is 14.2 Å². The molecule has 100 valence electrons. The number of rotatable bonds is 3. The lowest BCUT2D eigenvalue weighted by Crippen LogP contribution is -1.93. The number of methoxy groups -OCH3 is 2. The quantitative estimate of drug-likeness (QED) is 0.692. The van der Waals surface area contributed by atoms with Crippen molar-refractivity contribution < 1.29 is 9.47 Å². The van der Waals surface area contributed by atoms with Crippen molar-refractivity contribution in [2.45, 2.75) is 0 Å². The molecule has 2 nitrogen and oxygen atoms in total. The van der Waals surface area contributed by atoms with Gasteiger partial charge in [0.05, 0.1) is 19.8 Å². The monoisotopic (exact) mass is 264 g/mol. The third-order valence-electron chi connectivity index (χ3n) is 3.49. The van der Waals surface area contributed by atoms with Crippen LogP contribution >= 0.6 is 0 Å². The van der Waals surface area contributed by atoms with Gasteiger partial charge in [-0.3, -0.25) is 0 Å². The number of hydrogen-bond donors (Lipinski definition) is 0. The maximum absolute atomic E-state index is 5.51. The van der Waals surface area contributed by atoms with Gasteiger partial charge in [-0.2, -0.15) is 0 Å². The van der Waals surface area contributed by atoms with Crippen LogP contribution in [0.5, 0.6) is 11.5 Å². The molecule has 0 bridgehead atoms. The first-order valence-corrected chi connectivity index (χ1v) is 6.54. The second-order valence-electron chi connectivity index (χ2n) is 4.56. The minimum atomic E-state index is 0.820. The number of hydrogen-bond acceptors (Lipinski definition) is 2. The molecule has 3 rings (SSSR count). The molecule has 0 saturated heterocycles. The topological polar surface area (TPSA) is 18.5 Å². The van der Waals surface area contributed by atoms with Crippen molar-refractivity contribution in [1.82, 2.24) is 0 Å². The highest BCUT2D eigenvalue weighted by atomic mass is 16.5. The largest absolute Gasteiger partial charge is 0.496 e. The molecule has 0 saturated carbocycles. The smallest absolute Gasteiger partial charge is 0.130 e. The van der Waals surface area contributed by atoms with Gasteiger partial charge in [-0.05, 0) is 28.5 Å². The highest BCUT2D eigenvalue weighted by molar-refractivity contribution is 5.99. The third-order valence-corrected chi connectivity index (χ3v) is 3.49. The summed E-state index contributed by atoms with van der Waals surface area (Å²) >= 11 is 0. The van der Waals surface area contributed by atoms with Gasteiger partial charge in [-0.15, -0.1) is 0 Å². The number of fused-ring (bicyclic) bond motifs is 1.